The summed E-state index contributed by atoms with van der Waals surface area (Å²) in [6.45, 7) is 2.73. The highest BCUT2D eigenvalue weighted by molar-refractivity contribution is 7.91. The Balaban J connectivity index is 1.42. The standard InChI is InChI=1S/C22H25N3O6S3/c1-3-31-18-8-5-9-19-20(18)23-22(32-19)24-21(26)15-10-12-25(13-11-15)34(29,30)17-7-4-6-16(14-17)33(2,27)28/h4-9,14-15H,3,10-13H2,1-2H3,(H,23,24,26). The van der Waals surface area contributed by atoms with Crippen LogP contribution in [0.1, 0.15) is 19.8 Å². The Kier molecular flexibility index (Phi) is 6.94. The molecular formula is C22H25N3O6S3. The van der Waals surface area contributed by atoms with Crippen LogP contribution in [0.2, 0.25) is 0 Å². The van der Waals surface area contributed by atoms with E-state index in [1.807, 2.05) is 25.1 Å². The number of hydrogen-bond donors (Lipinski definition) is 1. The van der Waals surface area contributed by atoms with Gasteiger partial charge in [-0.1, -0.05) is 23.5 Å². The van der Waals surface area contributed by atoms with Gasteiger partial charge in [0.1, 0.15) is 11.3 Å². The van der Waals surface area contributed by atoms with E-state index < -0.39 is 19.9 Å². The maximum absolute atomic E-state index is 13.0. The first-order chi connectivity index (χ1) is 16.1. The van der Waals surface area contributed by atoms with Gasteiger partial charge in [-0.3, -0.25) is 4.79 Å². The monoisotopic (exact) mass is 523 g/mol. The normalized spacial score (nSPS) is 15.9. The number of para-hydroxylation sites is 1. The second-order valence-corrected chi connectivity index (χ2v) is 13.0. The van der Waals surface area contributed by atoms with Gasteiger partial charge in [-0.2, -0.15) is 4.31 Å². The van der Waals surface area contributed by atoms with Gasteiger partial charge < -0.3 is 10.1 Å². The quantitative estimate of drug-likeness (QED) is 0.505. The highest BCUT2D eigenvalue weighted by Gasteiger charge is 2.33. The number of anilines is 1. The van der Waals surface area contributed by atoms with Gasteiger partial charge in [0, 0.05) is 25.3 Å². The van der Waals surface area contributed by atoms with Crippen molar-refractivity contribution in [1.29, 1.82) is 0 Å². The van der Waals surface area contributed by atoms with Gasteiger partial charge in [0.25, 0.3) is 0 Å². The predicted octanol–water partition coefficient (Wildman–Crippen LogP) is 3.14. The van der Waals surface area contributed by atoms with Gasteiger partial charge in [-0.25, -0.2) is 21.8 Å². The molecular weight excluding hydrogens is 498 g/mol. The van der Waals surface area contributed by atoms with E-state index >= 15 is 0 Å². The molecule has 1 aliphatic rings. The van der Waals surface area contributed by atoms with Crippen molar-refractivity contribution in [2.75, 3.05) is 31.3 Å². The van der Waals surface area contributed by atoms with E-state index in [1.165, 1.54) is 39.9 Å². The third kappa shape index (κ3) is 5.09. The van der Waals surface area contributed by atoms with E-state index in [2.05, 4.69) is 10.3 Å². The van der Waals surface area contributed by atoms with Crippen molar-refractivity contribution in [2.45, 2.75) is 29.6 Å². The Morgan fingerprint density at radius 2 is 1.79 bits per heavy atom. The zero-order valence-corrected chi connectivity index (χ0v) is 21.2. The van der Waals surface area contributed by atoms with Crippen molar-refractivity contribution in [3.05, 3.63) is 42.5 Å². The van der Waals surface area contributed by atoms with Gasteiger partial charge in [-0.05, 0) is 50.1 Å². The van der Waals surface area contributed by atoms with Crippen LogP contribution in [-0.2, 0) is 24.7 Å². The average molecular weight is 524 g/mol. The number of rotatable bonds is 7. The molecule has 2 heterocycles. The van der Waals surface area contributed by atoms with Gasteiger partial charge in [0.05, 0.1) is 21.1 Å². The minimum Gasteiger partial charge on any atom is -0.492 e. The van der Waals surface area contributed by atoms with E-state index in [0.717, 1.165) is 11.0 Å². The first-order valence-electron chi connectivity index (χ1n) is 10.7. The Bertz CT molecular complexity index is 1430. The number of amides is 1. The molecule has 12 heteroatoms. The summed E-state index contributed by atoms with van der Waals surface area (Å²) in [5.74, 6) is 0.107. The van der Waals surface area contributed by atoms with Crippen LogP contribution in [0.15, 0.2) is 52.3 Å². The molecule has 2 aromatic carbocycles. The summed E-state index contributed by atoms with van der Waals surface area (Å²) in [5.41, 5.74) is 0.696. The molecule has 3 aromatic rings. The fourth-order valence-corrected chi connectivity index (χ4v) is 6.97. The van der Waals surface area contributed by atoms with Crippen molar-refractivity contribution >= 4 is 52.5 Å². The molecule has 0 aliphatic carbocycles. The minimum atomic E-state index is -3.87. The minimum absolute atomic E-state index is 0.0498. The number of carbonyl (C=O) groups excluding carboxylic acids is 1. The molecule has 34 heavy (non-hydrogen) atoms. The maximum atomic E-state index is 13.0. The Labute approximate surface area is 202 Å². The van der Waals surface area contributed by atoms with Crippen molar-refractivity contribution < 1.29 is 26.4 Å². The van der Waals surface area contributed by atoms with E-state index in [9.17, 15) is 21.6 Å². The maximum Gasteiger partial charge on any atom is 0.243 e. The van der Waals surface area contributed by atoms with Crippen LogP contribution in [0, 0.1) is 5.92 Å². The summed E-state index contributed by atoms with van der Waals surface area (Å²) in [6, 6.07) is 11.0. The first kappa shape index (κ1) is 24.6. The van der Waals surface area contributed by atoms with Crippen molar-refractivity contribution in [3.63, 3.8) is 0 Å². The molecule has 0 saturated carbocycles. The van der Waals surface area contributed by atoms with Crippen LogP contribution >= 0.6 is 11.3 Å². The number of nitrogens with zero attached hydrogens (tertiary/aromatic N) is 2. The van der Waals surface area contributed by atoms with Crippen molar-refractivity contribution in [1.82, 2.24) is 9.29 Å². The van der Waals surface area contributed by atoms with E-state index in [4.69, 9.17) is 4.74 Å². The highest BCUT2D eigenvalue weighted by atomic mass is 32.2. The summed E-state index contributed by atoms with van der Waals surface area (Å²) in [6.07, 6.45) is 1.74. The number of nitrogens with one attached hydrogen (secondary N) is 1. The van der Waals surface area contributed by atoms with Crippen LogP contribution in [-0.4, -0.2) is 58.0 Å². The summed E-state index contributed by atoms with van der Waals surface area (Å²) < 4.78 is 57.5. The van der Waals surface area contributed by atoms with Crippen LogP contribution in [0.25, 0.3) is 10.2 Å². The number of aromatic nitrogens is 1. The number of sulfone groups is 1. The van der Waals surface area contributed by atoms with Gasteiger partial charge in [-0.15, -0.1) is 0 Å². The fraction of sp³-hybridized carbons (Fsp3) is 0.364. The molecule has 0 unspecified atom stereocenters. The molecule has 0 radical (unpaired) electrons. The smallest absolute Gasteiger partial charge is 0.243 e. The SMILES string of the molecule is CCOc1cccc2sc(NC(=O)C3CCN(S(=O)(=O)c4cccc(S(C)(=O)=O)c4)CC3)nc12. The predicted molar refractivity (Wildman–Crippen MR) is 130 cm³/mol. The third-order valence-corrected chi connectivity index (χ3v) is 9.55. The molecule has 1 aliphatic heterocycles. The number of thiazole rings is 1. The second kappa shape index (κ2) is 9.61. The van der Waals surface area contributed by atoms with Crippen molar-refractivity contribution in [2.24, 2.45) is 5.92 Å². The van der Waals surface area contributed by atoms with Gasteiger partial charge in [0.15, 0.2) is 15.0 Å². The van der Waals surface area contributed by atoms with E-state index in [-0.39, 0.29) is 34.7 Å². The summed E-state index contributed by atoms with van der Waals surface area (Å²) >= 11 is 1.36. The lowest BCUT2D eigenvalue weighted by Crippen LogP contribution is -2.41. The molecule has 0 bridgehead atoms. The molecule has 9 nitrogen and oxygen atoms in total. The molecule has 1 fully saturated rings. The summed E-state index contributed by atoms with van der Waals surface area (Å²) in [7, 11) is -7.40. The first-order valence-corrected chi connectivity index (χ1v) is 14.9. The Morgan fingerprint density at radius 1 is 1.12 bits per heavy atom. The number of fused-ring (bicyclic) bond motifs is 1. The van der Waals surface area contributed by atoms with Crippen molar-refractivity contribution in [3.8, 4) is 5.75 Å². The third-order valence-electron chi connectivity index (χ3n) is 5.61. The Morgan fingerprint density at radius 3 is 2.47 bits per heavy atom. The topological polar surface area (TPSA) is 123 Å². The lowest BCUT2D eigenvalue weighted by molar-refractivity contribution is -0.120. The van der Waals surface area contributed by atoms with E-state index in [0.29, 0.717) is 35.8 Å². The number of piperidine rings is 1. The van der Waals surface area contributed by atoms with E-state index in [1.54, 1.807) is 0 Å². The number of benzene rings is 2. The largest absolute Gasteiger partial charge is 0.492 e. The van der Waals surface area contributed by atoms with Crippen LogP contribution in [0.4, 0.5) is 5.13 Å². The molecule has 1 N–H and O–H groups in total. The lowest BCUT2D eigenvalue weighted by atomic mass is 9.97. The van der Waals surface area contributed by atoms with Crippen LogP contribution < -0.4 is 10.1 Å². The van der Waals surface area contributed by atoms with Crippen LogP contribution in [0.5, 0.6) is 5.75 Å². The Hall–Kier alpha value is -2.54. The highest BCUT2D eigenvalue weighted by Crippen LogP contribution is 2.33. The van der Waals surface area contributed by atoms with Gasteiger partial charge in [0.2, 0.25) is 15.9 Å². The second-order valence-electron chi connectivity index (χ2n) is 7.97. The molecule has 1 aromatic heterocycles. The zero-order valence-electron chi connectivity index (χ0n) is 18.7. The average Bonchev–Trinajstić information content (AvgIpc) is 3.22. The van der Waals surface area contributed by atoms with Gasteiger partial charge >= 0.3 is 0 Å². The zero-order chi connectivity index (χ0) is 24.5. The number of carbonyl (C=O) groups is 1. The number of hydrogen-bond acceptors (Lipinski definition) is 8. The number of sulfonamides is 1. The molecule has 4 rings (SSSR count). The lowest BCUT2D eigenvalue weighted by Gasteiger charge is -2.30. The summed E-state index contributed by atoms with van der Waals surface area (Å²) in [5, 5.41) is 3.33. The molecule has 1 saturated heterocycles. The molecule has 0 atom stereocenters. The number of ether oxygens (including phenoxy) is 1. The van der Waals surface area contributed by atoms with Crippen LogP contribution in [0.3, 0.4) is 0 Å². The molecule has 182 valence electrons. The summed E-state index contributed by atoms with van der Waals surface area (Å²) in [4.78, 5) is 17.2. The molecule has 0 spiro atoms. The fourth-order valence-electron chi connectivity index (χ4n) is 3.83. The molecule has 1 amide bonds.